The lowest BCUT2D eigenvalue weighted by Crippen LogP contribution is -2.25. The van der Waals surface area contributed by atoms with Crippen LogP contribution in [-0.4, -0.2) is 20.7 Å². The number of aromatic nitrogens is 3. The van der Waals surface area contributed by atoms with Crippen molar-refractivity contribution in [3.63, 3.8) is 0 Å². The summed E-state index contributed by atoms with van der Waals surface area (Å²) in [5, 5.41) is 8.48. The lowest BCUT2D eigenvalue weighted by atomic mass is 9.91. The van der Waals surface area contributed by atoms with Gasteiger partial charge in [-0.15, -0.1) is 11.3 Å². The maximum absolute atomic E-state index is 5.21. The number of rotatable bonds is 7. The molecule has 1 aliphatic rings. The largest absolute Gasteiger partial charge is 0.359 e. The van der Waals surface area contributed by atoms with Crippen LogP contribution in [0.3, 0.4) is 0 Å². The van der Waals surface area contributed by atoms with Gasteiger partial charge in [-0.3, -0.25) is 4.99 Å². The number of fused-ring (bicyclic) bond motifs is 4. The molecule has 0 bridgehead atoms. The zero-order valence-corrected chi connectivity index (χ0v) is 33.6. The van der Waals surface area contributed by atoms with E-state index in [4.69, 9.17) is 19.9 Å². The maximum atomic E-state index is 5.21. The van der Waals surface area contributed by atoms with Crippen LogP contribution in [0.2, 0.25) is 0 Å². The van der Waals surface area contributed by atoms with E-state index in [-0.39, 0.29) is 6.17 Å². The minimum atomic E-state index is -0.227. The van der Waals surface area contributed by atoms with Crippen molar-refractivity contribution in [2.75, 3.05) is 0 Å². The van der Waals surface area contributed by atoms with Gasteiger partial charge in [-0.25, -0.2) is 15.0 Å². The zero-order chi connectivity index (χ0) is 40.0. The predicted molar refractivity (Wildman–Crippen MR) is 250 cm³/mol. The number of thiophene rings is 1. The second-order valence-corrected chi connectivity index (χ2v) is 16.2. The second-order valence-electron chi connectivity index (χ2n) is 15.1. The van der Waals surface area contributed by atoms with E-state index in [2.05, 4.69) is 176 Å². The van der Waals surface area contributed by atoms with E-state index in [1.165, 1.54) is 36.7 Å². The zero-order valence-electron chi connectivity index (χ0n) is 32.7. The van der Waals surface area contributed by atoms with Crippen molar-refractivity contribution in [2.24, 2.45) is 4.99 Å². The van der Waals surface area contributed by atoms with Crippen LogP contribution in [0.5, 0.6) is 0 Å². The highest BCUT2D eigenvalue weighted by molar-refractivity contribution is 7.26. The molecule has 1 aliphatic heterocycles. The Morgan fingerprint density at radius 2 is 1.03 bits per heavy atom. The predicted octanol–water partition coefficient (Wildman–Crippen LogP) is 13.5. The number of aryl methyl sites for hydroxylation is 1. The molecule has 1 atom stereocenters. The molecular weight excluding hydrogens is 751 g/mol. The van der Waals surface area contributed by atoms with E-state index in [1.807, 2.05) is 41.7 Å². The highest BCUT2D eigenvalue weighted by Gasteiger charge is 2.24. The van der Waals surface area contributed by atoms with Crippen LogP contribution >= 0.6 is 11.3 Å². The summed E-state index contributed by atoms with van der Waals surface area (Å²) in [6.07, 6.45) is 1.97. The molecule has 1 N–H and O–H groups in total. The minimum absolute atomic E-state index is 0.227. The highest BCUT2D eigenvalue weighted by Crippen LogP contribution is 2.46. The smallest absolute Gasteiger partial charge is 0.164 e. The first-order valence-electron chi connectivity index (χ1n) is 20.2. The lowest BCUT2D eigenvalue weighted by Gasteiger charge is -2.26. The van der Waals surface area contributed by atoms with Crippen LogP contribution in [0, 0.1) is 6.92 Å². The number of hydrogen-bond donors (Lipinski definition) is 1. The summed E-state index contributed by atoms with van der Waals surface area (Å²) in [6, 6.07) is 65.9. The Hall–Kier alpha value is -7.54. The molecule has 6 heteroatoms. The molecule has 10 aromatic rings. The van der Waals surface area contributed by atoms with Gasteiger partial charge in [0.2, 0.25) is 0 Å². The number of hydrogen-bond acceptors (Lipinski definition) is 6. The molecule has 60 heavy (non-hydrogen) atoms. The van der Waals surface area contributed by atoms with Gasteiger partial charge in [0.15, 0.2) is 17.5 Å². The van der Waals surface area contributed by atoms with Gasteiger partial charge in [-0.2, -0.15) is 0 Å². The first kappa shape index (κ1) is 35.6. The van der Waals surface area contributed by atoms with Crippen molar-refractivity contribution in [3.05, 3.63) is 216 Å². The first-order chi connectivity index (χ1) is 29.6. The average molecular weight is 788 g/mol. The number of nitrogens with one attached hydrogen (secondary N) is 1. The van der Waals surface area contributed by atoms with Crippen molar-refractivity contribution >= 4 is 53.7 Å². The van der Waals surface area contributed by atoms with Gasteiger partial charge >= 0.3 is 0 Å². The van der Waals surface area contributed by atoms with Gasteiger partial charge in [0.25, 0.3) is 0 Å². The van der Waals surface area contributed by atoms with Crippen LogP contribution in [0.15, 0.2) is 199 Å². The standard InChI is InChI=1S/C54H37N5S/c1-34-16-15-23-38(32-34)53-57-52(37-21-9-4-10-22-37)58-54(59-53)45-31-30-43(50-49(45)44-26-13-14-27-48(44)60-50)41-28-29-42(40-25-12-11-24-39(40)41)47-33-46(35-17-5-2-6-18-35)55-51(56-47)36-19-7-3-8-20-36/h2-33,51,56H,1H3. The Kier molecular flexibility index (Phi) is 8.90. The Bertz CT molecular complexity index is 3300. The maximum Gasteiger partial charge on any atom is 0.164 e. The Labute approximate surface area is 352 Å². The summed E-state index contributed by atoms with van der Waals surface area (Å²) < 4.78 is 2.41. The van der Waals surface area contributed by atoms with Gasteiger partial charge in [0.1, 0.15) is 6.17 Å². The molecule has 8 aromatic carbocycles. The molecule has 3 heterocycles. The normalized spacial score (nSPS) is 13.9. The number of allylic oxidation sites excluding steroid dienone is 1. The summed E-state index contributed by atoms with van der Waals surface area (Å²) in [4.78, 5) is 20.6. The van der Waals surface area contributed by atoms with Gasteiger partial charge < -0.3 is 5.32 Å². The van der Waals surface area contributed by atoms with Crippen LogP contribution < -0.4 is 5.32 Å². The van der Waals surface area contributed by atoms with E-state index in [9.17, 15) is 0 Å². The van der Waals surface area contributed by atoms with E-state index < -0.39 is 0 Å². The number of aliphatic imine (C=N–C) groups is 1. The summed E-state index contributed by atoms with van der Waals surface area (Å²) >= 11 is 1.82. The van der Waals surface area contributed by atoms with Crippen LogP contribution in [0.1, 0.15) is 28.4 Å². The number of benzene rings is 8. The lowest BCUT2D eigenvalue weighted by molar-refractivity contribution is 0.664. The third kappa shape index (κ3) is 6.44. The van der Waals surface area contributed by atoms with Crippen LogP contribution in [0.4, 0.5) is 0 Å². The fraction of sp³-hybridized carbons (Fsp3) is 0.0370. The fourth-order valence-electron chi connectivity index (χ4n) is 8.37. The van der Waals surface area contributed by atoms with Gasteiger partial charge in [0.05, 0.1) is 5.71 Å². The quantitative estimate of drug-likeness (QED) is 0.175. The molecule has 0 amide bonds. The topological polar surface area (TPSA) is 63.1 Å². The molecule has 1 unspecified atom stereocenters. The monoisotopic (exact) mass is 787 g/mol. The Morgan fingerprint density at radius 3 is 1.78 bits per heavy atom. The summed E-state index contributed by atoms with van der Waals surface area (Å²) in [5.74, 6) is 1.96. The molecule has 0 saturated carbocycles. The Balaban J connectivity index is 1.09. The van der Waals surface area contributed by atoms with Crippen molar-refractivity contribution in [1.82, 2.24) is 20.3 Å². The molecule has 0 radical (unpaired) electrons. The second kappa shape index (κ2) is 15.0. The summed E-state index contributed by atoms with van der Waals surface area (Å²) in [5.41, 5.74) is 11.7. The molecule has 0 aliphatic carbocycles. The fourth-order valence-corrected chi connectivity index (χ4v) is 9.63. The highest BCUT2D eigenvalue weighted by atomic mass is 32.1. The molecule has 11 rings (SSSR count). The van der Waals surface area contributed by atoms with Crippen LogP contribution in [-0.2, 0) is 0 Å². The number of nitrogens with zero attached hydrogens (tertiary/aromatic N) is 4. The third-order valence-corrected chi connectivity index (χ3v) is 12.4. The molecular formula is C54H37N5S. The SMILES string of the molecule is Cc1cccc(-c2nc(-c3ccccc3)nc(-c3ccc(-c4ccc(C5=CC(c6ccccc6)=NC(c6ccccc6)N5)c5ccccc45)c4sc5ccccc5c34)n2)c1. The molecule has 0 spiro atoms. The van der Waals surface area contributed by atoms with Crippen molar-refractivity contribution in [3.8, 4) is 45.3 Å². The van der Waals surface area contributed by atoms with E-state index in [1.54, 1.807) is 0 Å². The third-order valence-electron chi connectivity index (χ3n) is 11.2. The van der Waals surface area contributed by atoms with E-state index in [0.29, 0.717) is 17.5 Å². The average Bonchev–Trinajstić information content (AvgIpc) is 3.71. The van der Waals surface area contributed by atoms with Gasteiger partial charge in [-0.05, 0) is 58.7 Å². The summed E-state index contributed by atoms with van der Waals surface area (Å²) in [7, 11) is 0. The minimum Gasteiger partial charge on any atom is -0.359 e. The summed E-state index contributed by atoms with van der Waals surface area (Å²) in [6.45, 7) is 2.10. The molecule has 2 aromatic heterocycles. The molecule has 5 nitrogen and oxygen atoms in total. The van der Waals surface area contributed by atoms with Crippen LogP contribution in [0.25, 0.3) is 81.9 Å². The first-order valence-corrected chi connectivity index (χ1v) is 21.0. The van der Waals surface area contributed by atoms with Gasteiger partial charge in [-0.1, -0.05) is 175 Å². The molecule has 0 saturated heterocycles. The molecule has 0 fully saturated rings. The molecule has 284 valence electrons. The van der Waals surface area contributed by atoms with E-state index in [0.717, 1.165) is 55.7 Å². The van der Waals surface area contributed by atoms with Gasteiger partial charge in [0, 0.05) is 53.7 Å². The van der Waals surface area contributed by atoms with Crippen molar-refractivity contribution in [1.29, 1.82) is 0 Å². The Morgan fingerprint density at radius 1 is 0.467 bits per heavy atom. The van der Waals surface area contributed by atoms with Crippen molar-refractivity contribution in [2.45, 2.75) is 13.1 Å². The van der Waals surface area contributed by atoms with E-state index >= 15 is 0 Å². The van der Waals surface area contributed by atoms with Crippen molar-refractivity contribution < 1.29 is 0 Å².